The molecular formula is C14H14N2O4S. The summed E-state index contributed by atoms with van der Waals surface area (Å²) in [5.41, 5.74) is 2.26. The van der Waals surface area contributed by atoms with E-state index in [0.717, 1.165) is 10.9 Å². The minimum Gasteiger partial charge on any atom is -0.465 e. The topological polar surface area (TPSA) is 79.5 Å². The number of carbonyl (C=O) groups excluding carboxylic acids is 1. The summed E-state index contributed by atoms with van der Waals surface area (Å²) in [6.45, 7) is 2.02. The van der Waals surface area contributed by atoms with Crippen LogP contribution in [0.2, 0.25) is 0 Å². The summed E-state index contributed by atoms with van der Waals surface area (Å²) in [6.07, 6.45) is 3.28. The fourth-order valence-electron chi connectivity index (χ4n) is 2.56. The molecule has 0 saturated heterocycles. The van der Waals surface area contributed by atoms with Crippen LogP contribution in [0.4, 0.5) is 5.69 Å². The van der Waals surface area contributed by atoms with Crippen molar-refractivity contribution in [2.45, 2.75) is 6.92 Å². The molecule has 0 atom stereocenters. The molecule has 1 aliphatic heterocycles. The van der Waals surface area contributed by atoms with Crippen molar-refractivity contribution in [3.8, 4) is 0 Å². The molecule has 0 aliphatic carbocycles. The molecule has 1 aromatic carbocycles. The van der Waals surface area contributed by atoms with Crippen LogP contribution in [0.5, 0.6) is 0 Å². The van der Waals surface area contributed by atoms with Gasteiger partial charge in [0.2, 0.25) is 0 Å². The molecule has 110 valence electrons. The lowest BCUT2D eigenvalue weighted by atomic mass is 10.1. The Bertz CT molecular complexity index is 864. The predicted molar refractivity (Wildman–Crippen MR) is 80.6 cm³/mol. The number of H-pyrrole nitrogens is 1. The van der Waals surface area contributed by atoms with Crippen LogP contribution >= 0.6 is 0 Å². The van der Waals surface area contributed by atoms with Gasteiger partial charge in [-0.2, -0.15) is 0 Å². The second-order valence-electron chi connectivity index (χ2n) is 4.67. The van der Waals surface area contributed by atoms with E-state index in [4.69, 9.17) is 4.74 Å². The van der Waals surface area contributed by atoms with E-state index in [9.17, 15) is 13.2 Å². The van der Waals surface area contributed by atoms with E-state index < -0.39 is 16.0 Å². The zero-order valence-corrected chi connectivity index (χ0v) is 12.4. The molecule has 2 heterocycles. The fraction of sp³-hybridized carbons (Fsp3) is 0.214. The van der Waals surface area contributed by atoms with Crippen molar-refractivity contribution in [3.63, 3.8) is 0 Å². The van der Waals surface area contributed by atoms with Crippen molar-refractivity contribution in [2.75, 3.05) is 18.0 Å². The Balaban J connectivity index is 2.39. The van der Waals surface area contributed by atoms with Gasteiger partial charge in [0.15, 0.2) is 0 Å². The van der Waals surface area contributed by atoms with Crippen LogP contribution in [-0.2, 0) is 14.8 Å². The molecule has 0 unspecified atom stereocenters. The summed E-state index contributed by atoms with van der Waals surface area (Å²) < 4.78 is 30.6. The molecule has 0 amide bonds. The van der Waals surface area contributed by atoms with Gasteiger partial charge in [-0.15, -0.1) is 0 Å². The first-order chi connectivity index (χ1) is 9.97. The minimum absolute atomic E-state index is 0.275. The van der Waals surface area contributed by atoms with Gasteiger partial charge in [0, 0.05) is 29.2 Å². The van der Waals surface area contributed by atoms with Gasteiger partial charge in [-0.05, 0) is 25.1 Å². The number of carbonyl (C=O) groups is 1. The molecule has 7 heteroatoms. The molecule has 1 aliphatic rings. The first-order valence-electron chi connectivity index (χ1n) is 6.42. The van der Waals surface area contributed by atoms with E-state index in [1.165, 1.54) is 16.8 Å². The number of rotatable bonds is 2. The Hall–Kier alpha value is -2.28. The van der Waals surface area contributed by atoms with Gasteiger partial charge in [0.05, 0.1) is 23.8 Å². The number of aromatic nitrogens is 1. The van der Waals surface area contributed by atoms with Crippen LogP contribution in [0.25, 0.3) is 17.0 Å². The van der Waals surface area contributed by atoms with Crippen molar-refractivity contribution >= 4 is 38.7 Å². The Morgan fingerprint density at radius 2 is 2.14 bits per heavy atom. The summed E-state index contributed by atoms with van der Waals surface area (Å²) in [7, 11) is -2.26. The highest BCUT2D eigenvalue weighted by atomic mass is 32.2. The molecule has 1 N–H and O–H groups in total. The number of esters is 1. The second kappa shape index (κ2) is 4.63. The van der Waals surface area contributed by atoms with Gasteiger partial charge in [0.25, 0.3) is 10.0 Å². The second-order valence-corrected chi connectivity index (χ2v) is 6.41. The van der Waals surface area contributed by atoms with Crippen LogP contribution in [0.1, 0.15) is 22.8 Å². The molecule has 1 aromatic heterocycles. The highest BCUT2D eigenvalue weighted by Gasteiger charge is 2.26. The lowest BCUT2D eigenvalue weighted by molar-refractivity contribution is 0.0601. The number of hydrogen-bond acceptors (Lipinski definition) is 4. The van der Waals surface area contributed by atoms with Crippen molar-refractivity contribution in [3.05, 3.63) is 34.9 Å². The van der Waals surface area contributed by atoms with Gasteiger partial charge < -0.3 is 9.72 Å². The van der Waals surface area contributed by atoms with E-state index in [1.54, 1.807) is 31.3 Å². The van der Waals surface area contributed by atoms with Crippen LogP contribution in [-0.4, -0.2) is 33.0 Å². The minimum atomic E-state index is -3.56. The molecule has 0 saturated carbocycles. The molecule has 0 bridgehead atoms. The SMILES string of the molecule is CCN1c2cc(C(=O)OC)cc3[nH]cc(c23)C=CS1(=O)=O. The number of anilines is 1. The Kier molecular flexibility index (Phi) is 3.02. The number of sulfonamides is 1. The first-order valence-corrected chi connectivity index (χ1v) is 7.92. The van der Waals surface area contributed by atoms with Crippen molar-refractivity contribution in [1.82, 2.24) is 4.98 Å². The maximum atomic E-state index is 12.3. The number of hydrogen-bond donors (Lipinski definition) is 1. The summed E-state index contributed by atoms with van der Waals surface area (Å²) in [6, 6.07) is 3.22. The number of ether oxygens (including phenoxy) is 1. The van der Waals surface area contributed by atoms with Gasteiger partial charge in [-0.25, -0.2) is 13.2 Å². The lowest BCUT2D eigenvalue weighted by Gasteiger charge is -2.21. The molecule has 2 aromatic rings. The molecular weight excluding hydrogens is 292 g/mol. The summed E-state index contributed by atoms with van der Waals surface area (Å²) in [5, 5.41) is 1.96. The lowest BCUT2D eigenvalue weighted by Crippen LogP contribution is -2.28. The van der Waals surface area contributed by atoms with Crippen LogP contribution in [0.3, 0.4) is 0 Å². The van der Waals surface area contributed by atoms with Gasteiger partial charge >= 0.3 is 5.97 Å². The van der Waals surface area contributed by atoms with Crippen LogP contribution in [0, 0.1) is 0 Å². The summed E-state index contributed by atoms with van der Waals surface area (Å²) in [5.74, 6) is -0.505. The third kappa shape index (κ3) is 2.01. The van der Waals surface area contributed by atoms with E-state index in [1.807, 2.05) is 0 Å². The Morgan fingerprint density at radius 1 is 1.38 bits per heavy atom. The van der Waals surface area contributed by atoms with Crippen molar-refractivity contribution in [2.24, 2.45) is 0 Å². The highest BCUT2D eigenvalue weighted by Crippen LogP contribution is 2.36. The van der Waals surface area contributed by atoms with Gasteiger partial charge in [-0.1, -0.05) is 0 Å². The van der Waals surface area contributed by atoms with Crippen LogP contribution < -0.4 is 4.31 Å². The normalized spacial score (nSPS) is 16.0. The Labute approximate surface area is 122 Å². The van der Waals surface area contributed by atoms with Gasteiger partial charge in [0.1, 0.15) is 0 Å². The molecule has 21 heavy (non-hydrogen) atoms. The average molecular weight is 306 g/mol. The molecule has 0 fully saturated rings. The number of nitrogens with one attached hydrogen (secondary N) is 1. The quantitative estimate of drug-likeness (QED) is 0.862. The predicted octanol–water partition coefficient (Wildman–Crippen LogP) is 2.09. The van der Waals surface area contributed by atoms with E-state index in [0.29, 0.717) is 16.8 Å². The third-order valence-electron chi connectivity index (χ3n) is 3.49. The number of methoxy groups -OCH3 is 1. The smallest absolute Gasteiger partial charge is 0.337 e. The summed E-state index contributed by atoms with van der Waals surface area (Å²) in [4.78, 5) is 14.8. The standard InChI is InChI=1S/C14H14N2O4S/c1-3-16-12-7-10(14(17)20-2)6-11-13(12)9(8-15-11)4-5-21(16,18)19/h4-8,15H,3H2,1-2H3. The highest BCUT2D eigenvalue weighted by molar-refractivity contribution is 7.95. The largest absolute Gasteiger partial charge is 0.465 e. The number of benzene rings is 1. The number of aromatic amines is 1. The molecule has 0 spiro atoms. The zero-order chi connectivity index (χ0) is 15.2. The zero-order valence-electron chi connectivity index (χ0n) is 11.6. The van der Waals surface area contributed by atoms with Crippen LogP contribution in [0.15, 0.2) is 23.7 Å². The molecule has 6 nitrogen and oxygen atoms in total. The third-order valence-corrected chi connectivity index (χ3v) is 5.04. The first kappa shape index (κ1) is 13.7. The number of nitrogens with zero attached hydrogens (tertiary/aromatic N) is 1. The van der Waals surface area contributed by atoms with Crippen molar-refractivity contribution in [1.29, 1.82) is 0 Å². The monoisotopic (exact) mass is 306 g/mol. The molecule has 3 rings (SSSR count). The summed E-state index contributed by atoms with van der Waals surface area (Å²) >= 11 is 0. The maximum Gasteiger partial charge on any atom is 0.337 e. The van der Waals surface area contributed by atoms with E-state index >= 15 is 0 Å². The van der Waals surface area contributed by atoms with Crippen molar-refractivity contribution < 1.29 is 17.9 Å². The van der Waals surface area contributed by atoms with E-state index in [2.05, 4.69) is 4.98 Å². The molecule has 0 radical (unpaired) electrons. The van der Waals surface area contributed by atoms with Gasteiger partial charge in [-0.3, -0.25) is 4.31 Å². The Morgan fingerprint density at radius 3 is 2.81 bits per heavy atom. The maximum absolute atomic E-state index is 12.3. The average Bonchev–Trinajstić information content (AvgIpc) is 2.83. The van der Waals surface area contributed by atoms with E-state index in [-0.39, 0.29) is 6.54 Å². The fourth-order valence-corrected chi connectivity index (χ4v) is 3.80.